The third-order valence-corrected chi connectivity index (χ3v) is 7.75. The molecule has 9 nitrogen and oxygen atoms in total. The number of carbonyl (C=O) groups is 1. The molecule has 0 radical (unpaired) electrons. The second-order valence-corrected chi connectivity index (χ2v) is 10.3. The summed E-state index contributed by atoms with van der Waals surface area (Å²) in [7, 11) is -3.76. The van der Waals surface area contributed by atoms with Crippen molar-refractivity contribution in [3.63, 3.8) is 0 Å². The Balaban J connectivity index is 1.21. The third-order valence-electron chi connectivity index (χ3n) is 6.38. The average molecular weight is 509 g/mol. The molecule has 186 valence electrons. The lowest BCUT2D eigenvalue weighted by atomic mass is 10.2. The molecule has 1 saturated heterocycles. The van der Waals surface area contributed by atoms with Gasteiger partial charge in [0.05, 0.1) is 4.90 Å². The Kier molecular flexibility index (Phi) is 6.31. The van der Waals surface area contributed by atoms with Crippen molar-refractivity contribution in [2.75, 3.05) is 35.8 Å². The lowest BCUT2D eigenvalue weighted by molar-refractivity contribution is -0.134. The molecule has 0 bridgehead atoms. The molecule has 0 saturated carbocycles. The van der Waals surface area contributed by atoms with Crippen LogP contribution in [0.2, 0.25) is 0 Å². The van der Waals surface area contributed by atoms with Crippen LogP contribution in [0.25, 0.3) is 10.9 Å². The first-order valence-electron chi connectivity index (χ1n) is 11.5. The van der Waals surface area contributed by atoms with E-state index in [9.17, 15) is 17.6 Å². The number of sulfonamides is 1. The molecule has 1 aliphatic heterocycles. The van der Waals surface area contributed by atoms with Crippen LogP contribution in [-0.2, 0) is 14.8 Å². The molecule has 0 spiro atoms. The highest BCUT2D eigenvalue weighted by Crippen LogP contribution is 2.24. The minimum atomic E-state index is -3.76. The van der Waals surface area contributed by atoms with Gasteiger partial charge in [0, 0.05) is 55.2 Å². The molecule has 1 amide bonds. The Labute approximate surface area is 208 Å². The van der Waals surface area contributed by atoms with Crippen LogP contribution in [0.15, 0.2) is 78.2 Å². The van der Waals surface area contributed by atoms with Crippen molar-refractivity contribution in [3.05, 3.63) is 79.1 Å². The Morgan fingerprint density at radius 1 is 1.03 bits per heavy atom. The molecule has 11 heteroatoms. The summed E-state index contributed by atoms with van der Waals surface area (Å²) in [6, 6.07) is 14.1. The Morgan fingerprint density at radius 2 is 1.78 bits per heavy atom. The lowest BCUT2D eigenvalue weighted by Crippen LogP contribution is -2.50. The SMILES string of the molecule is CC(C(=O)N1CCN(c2ccc(S(=O)(=O)Nc3ccncn3)cc2)CC1)n1ccc2cc(F)ccc21. The fourth-order valence-electron chi connectivity index (χ4n) is 4.42. The lowest BCUT2D eigenvalue weighted by Gasteiger charge is -2.37. The number of nitrogens with one attached hydrogen (secondary N) is 1. The molecule has 5 rings (SSSR count). The molecule has 1 atom stereocenters. The number of amides is 1. The van der Waals surface area contributed by atoms with E-state index in [-0.39, 0.29) is 22.4 Å². The Morgan fingerprint density at radius 3 is 2.47 bits per heavy atom. The number of hydrogen-bond acceptors (Lipinski definition) is 6. The van der Waals surface area contributed by atoms with Gasteiger partial charge in [0.2, 0.25) is 5.91 Å². The van der Waals surface area contributed by atoms with Crippen LogP contribution in [0, 0.1) is 5.82 Å². The quantitative estimate of drug-likeness (QED) is 0.429. The molecule has 36 heavy (non-hydrogen) atoms. The molecule has 1 fully saturated rings. The maximum absolute atomic E-state index is 13.5. The molecule has 1 unspecified atom stereocenters. The second-order valence-electron chi connectivity index (χ2n) is 8.61. The van der Waals surface area contributed by atoms with E-state index in [0.717, 1.165) is 16.6 Å². The summed E-state index contributed by atoms with van der Waals surface area (Å²) in [6.07, 6.45) is 4.55. The number of anilines is 2. The van der Waals surface area contributed by atoms with Gasteiger partial charge >= 0.3 is 0 Å². The van der Waals surface area contributed by atoms with Gasteiger partial charge in [-0.05, 0) is 61.5 Å². The third kappa shape index (κ3) is 4.74. The van der Waals surface area contributed by atoms with Crippen molar-refractivity contribution in [2.24, 2.45) is 0 Å². The van der Waals surface area contributed by atoms with Crippen molar-refractivity contribution in [1.29, 1.82) is 0 Å². The Hall–Kier alpha value is -3.99. The number of carbonyl (C=O) groups excluding carboxylic acids is 1. The van der Waals surface area contributed by atoms with E-state index in [2.05, 4.69) is 19.6 Å². The summed E-state index contributed by atoms with van der Waals surface area (Å²) in [5, 5.41) is 0.761. The number of fused-ring (bicyclic) bond motifs is 1. The van der Waals surface area contributed by atoms with Gasteiger partial charge in [-0.25, -0.2) is 22.8 Å². The van der Waals surface area contributed by atoms with E-state index in [1.807, 2.05) is 28.7 Å². The molecular formula is C25H25FN6O3S. The maximum Gasteiger partial charge on any atom is 0.263 e. The van der Waals surface area contributed by atoms with Crippen molar-refractivity contribution in [3.8, 4) is 0 Å². The topological polar surface area (TPSA) is 100 Å². The largest absolute Gasteiger partial charge is 0.368 e. The van der Waals surface area contributed by atoms with Gasteiger partial charge in [-0.15, -0.1) is 0 Å². The zero-order chi connectivity index (χ0) is 25.3. The number of benzene rings is 2. The van der Waals surface area contributed by atoms with Gasteiger partial charge in [0.15, 0.2) is 0 Å². The van der Waals surface area contributed by atoms with Gasteiger partial charge in [-0.1, -0.05) is 0 Å². The van der Waals surface area contributed by atoms with Crippen LogP contribution in [0.5, 0.6) is 0 Å². The van der Waals surface area contributed by atoms with Gasteiger partial charge in [0.25, 0.3) is 10.0 Å². The second kappa shape index (κ2) is 9.57. The summed E-state index contributed by atoms with van der Waals surface area (Å²) in [6.45, 7) is 4.20. The number of hydrogen-bond donors (Lipinski definition) is 1. The van der Waals surface area contributed by atoms with E-state index in [4.69, 9.17) is 0 Å². The predicted octanol–water partition coefficient (Wildman–Crippen LogP) is 3.28. The van der Waals surface area contributed by atoms with E-state index in [1.165, 1.54) is 30.7 Å². The number of aromatic nitrogens is 3. The standard InChI is InChI=1S/C25H25FN6O3S/c1-18(32-11-9-19-16-20(26)2-7-23(19)32)25(33)31-14-12-30(13-15-31)21-3-5-22(6-4-21)36(34,35)29-24-8-10-27-17-28-24/h2-11,16-18H,12-15H2,1H3,(H,27,28,29). The minimum Gasteiger partial charge on any atom is -0.368 e. The van der Waals surface area contributed by atoms with Crippen LogP contribution in [0.3, 0.4) is 0 Å². The van der Waals surface area contributed by atoms with E-state index < -0.39 is 16.1 Å². The zero-order valence-electron chi connectivity index (χ0n) is 19.6. The summed E-state index contributed by atoms with van der Waals surface area (Å²) in [5.41, 5.74) is 1.70. The Bertz CT molecular complexity index is 1480. The molecule has 0 aliphatic carbocycles. The first-order chi connectivity index (χ1) is 17.3. The van der Waals surface area contributed by atoms with Gasteiger partial charge in [-0.2, -0.15) is 0 Å². The number of rotatable bonds is 6. The van der Waals surface area contributed by atoms with Crippen LogP contribution in [0.1, 0.15) is 13.0 Å². The van der Waals surface area contributed by atoms with Crippen molar-refractivity contribution in [1.82, 2.24) is 19.4 Å². The van der Waals surface area contributed by atoms with Crippen molar-refractivity contribution >= 4 is 38.3 Å². The van der Waals surface area contributed by atoms with Gasteiger partial charge in [-0.3, -0.25) is 9.52 Å². The summed E-state index contributed by atoms with van der Waals surface area (Å²) in [5.74, 6) is -0.0964. The van der Waals surface area contributed by atoms with E-state index >= 15 is 0 Å². The van der Waals surface area contributed by atoms with Gasteiger partial charge in [0.1, 0.15) is 24.0 Å². The first-order valence-corrected chi connectivity index (χ1v) is 13.0. The molecular weight excluding hydrogens is 483 g/mol. The van der Waals surface area contributed by atoms with Crippen LogP contribution < -0.4 is 9.62 Å². The molecule has 4 aromatic rings. The molecule has 2 aromatic heterocycles. The van der Waals surface area contributed by atoms with Crippen molar-refractivity contribution < 1.29 is 17.6 Å². The smallest absolute Gasteiger partial charge is 0.263 e. The fourth-order valence-corrected chi connectivity index (χ4v) is 5.43. The average Bonchev–Trinajstić information content (AvgIpc) is 3.31. The minimum absolute atomic E-state index is 0.00807. The highest BCUT2D eigenvalue weighted by atomic mass is 32.2. The normalized spacial score (nSPS) is 15.2. The molecule has 3 heterocycles. The summed E-state index contributed by atoms with van der Waals surface area (Å²) < 4.78 is 43.1. The maximum atomic E-state index is 13.5. The number of nitrogens with zero attached hydrogens (tertiary/aromatic N) is 5. The highest BCUT2D eigenvalue weighted by molar-refractivity contribution is 7.92. The van der Waals surface area contributed by atoms with Crippen molar-refractivity contribution in [2.45, 2.75) is 17.9 Å². The van der Waals surface area contributed by atoms with Crippen LogP contribution in [0.4, 0.5) is 15.9 Å². The summed E-state index contributed by atoms with van der Waals surface area (Å²) >= 11 is 0. The molecule has 1 aliphatic rings. The van der Waals surface area contributed by atoms with Crippen LogP contribution >= 0.6 is 0 Å². The summed E-state index contributed by atoms with van der Waals surface area (Å²) in [4.78, 5) is 24.9. The fraction of sp³-hybridized carbons (Fsp3) is 0.240. The van der Waals surface area contributed by atoms with Crippen LogP contribution in [-0.4, -0.2) is 59.9 Å². The molecule has 1 N–H and O–H groups in total. The van der Waals surface area contributed by atoms with E-state index in [0.29, 0.717) is 26.2 Å². The number of piperazine rings is 1. The first kappa shape index (κ1) is 23.7. The van der Waals surface area contributed by atoms with E-state index in [1.54, 1.807) is 30.3 Å². The monoisotopic (exact) mass is 508 g/mol. The predicted molar refractivity (Wildman–Crippen MR) is 135 cm³/mol. The zero-order valence-corrected chi connectivity index (χ0v) is 20.4. The highest BCUT2D eigenvalue weighted by Gasteiger charge is 2.27. The number of halogens is 1. The van der Waals surface area contributed by atoms with Gasteiger partial charge < -0.3 is 14.4 Å². The molecule has 2 aromatic carbocycles.